The van der Waals surface area contributed by atoms with E-state index in [1.807, 2.05) is 30.3 Å². The highest BCUT2D eigenvalue weighted by atomic mass is 16.5. The summed E-state index contributed by atoms with van der Waals surface area (Å²) in [5, 5.41) is 19.4. The lowest BCUT2D eigenvalue weighted by molar-refractivity contribution is -0.127. The average Bonchev–Trinajstić information content (AvgIpc) is 3.19. The number of benzene rings is 1. The number of hydrogen-bond donors (Lipinski definition) is 2. The van der Waals surface area contributed by atoms with Crippen LogP contribution in [0.2, 0.25) is 0 Å². The lowest BCUT2D eigenvalue weighted by Crippen LogP contribution is -2.33. The second kappa shape index (κ2) is 8.43. The summed E-state index contributed by atoms with van der Waals surface area (Å²) in [5.74, 6) is 0.486. The van der Waals surface area contributed by atoms with Crippen molar-refractivity contribution in [3.8, 4) is 5.75 Å². The summed E-state index contributed by atoms with van der Waals surface area (Å²) >= 11 is 0. The van der Waals surface area contributed by atoms with Crippen LogP contribution in [0.1, 0.15) is 12.1 Å². The minimum Gasteiger partial charge on any atom is -0.494 e. The fourth-order valence-electron chi connectivity index (χ4n) is 2.71. The van der Waals surface area contributed by atoms with E-state index in [0.29, 0.717) is 31.8 Å². The van der Waals surface area contributed by atoms with Crippen molar-refractivity contribution in [2.75, 3.05) is 19.8 Å². The molecule has 9 heteroatoms. The number of nitrogens with zero attached hydrogens (tertiary/aromatic N) is 4. The first-order valence-electron chi connectivity index (χ1n) is 8.47. The molecule has 0 radical (unpaired) electrons. The molecule has 26 heavy (non-hydrogen) atoms. The van der Waals surface area contributed by atoms with Crippen molar-refractivity contribution in [1.82, 2.24) is 25.2 Å². The number of hydrogen-bond acceptors (Lipinski definition) is 6. The zero-order valence-electron chi connectivity index (χ0n) is 14.2. The summed E-state index contributed by atoms with van der Waals surface area (Å²) in [6.07, 6.45) is 2.48. The summed E-state index contributed by atoms with van der Waals surface area (Å²) in [5.41, 5.74) is 0.589. The molecule has 0 bridgehead atoms. The Morgan fingerprint density at radius 3 is 2.77 bits per heavy atom. The second-order valence-electron chi connectivity index (χ2n) is 5.91. The summed E-state index contributed by atoms with van der Waals surface area (Å²) in [6.45, 7) is 1.01. The van der Waals surface area contributed by atoms with Gasteiger partial charge in [-0.25, -0.2) is 9.48 Å². The average molecular weight is 359 g/mol. The van der Waals surface area contributed by atoms with E-state index in [1.165, 1.54) is 9.58 Å². The molecule has 1 aromatic heterocycles. The van der Waals surface area contributed by atoms with Gasteiger partial charge in [0.25, 0.3) is 5.91 Å². The Labute approximate surface area is 150 Å². The standard InChI is InChI=1S/C17H21N5O4/c23-9-8-21-12-13(19-20-21)11-15-16(24)22(17(25)18-15)7-4-10-26-14-5-2-1-3-6-14/h1-3,5-6,12,15,23H,4,7-11H2,(H,18,25)/t15-/m0/s1. The van der Waals surface area contributed by atoms with Crippen LogP contribution in [0.3, 0.4) is 0 Å². The third-order valence-electron chi connectivity index (χ3n) is 3.97. The molecule has 2 N–H and O–H groups in total. The number of aromatic nitrogens is 3. The van der Waals surface area contributed by atoms with Crippen molar-refractivity contribution >= 4 is 11.9 Å². The van der Waals surface area contributed by atoms with Gasteiger partial charge in [-0.3, -0.25) is 9.69 Å². The number of nitrogens with one attached hydrogen (secondary N) is 1. The molecule has 2 aromatic rings. The van der Waals surface area contributed by atoms with Crippen LogP contribution in [0.25, 0.3) is 0 Å². The van der Waals surface area contributed by atoms with Crippen LogP contribution in [0.15, 0.2) is 36.5 Å². The van der Waals surface area contributed by atoms with E-state index in [0.717, 1.165) is 5.75 Å². The number of amides is 3. The minimum atomic E-state index is -0.642. The molecule has 1 aliphatic heterocycles. The highest BCUT2D eigenvalue weighted by molar-refractivity contribution is 6.04. The third kappa shape index (κ3) is 4.37. The van der Waals surface area contributed by atoms with Gasteiger partial charge in [0.05, 0.1) is 25.5 Å². The zero-order valence-corrected chi connectivity index (χ0v) is 14.2. The first-order valence-corrected chi connectivity index (χ1v) is 8.47. The van der Waals surface area contributed by atoms with Gasteiger partial charge in [-0.15, -0.1) is 5.10 Å². The van der Waals surface area contributed by atoms with Crippen LogP contribution in [-0.4, -0.2) is 62.7 Å². The van der Waals surface area contributed by atoms with E-state index in [4.69, 9.17) is 9.84 Å². The number of aliphatic hydroxyl groups is 1. The molecule has 2 heterocycles. The molecule has 0 aliphatic carbocycles. The molecule has 1 fully saturated rings. The van der Waals surface area contributed by atoms with Crippen molar-refractivity contribution < 1.29 is 19.4 Å². The molecular weight excluding hydrogens is 338 g/mol. The van der Waals surface area contributed by atoms with Gasteiger partial charge in [0.15, 0.2) is 0 Å². The van der Waals surface area contributed by atoms with Crippen molar-refractivity contribution in [3.05, 3.63) is 42.2 Å². The monoisotopic (exact) mass is 359 g/mol. The lowest BCUT2D eigenvalue weighted by atomic mass is 10.1. The Morgan fingerprint density at radius 2 is 2.00 bits per heavy atom. The van der Waals surface area contributed by atoms with Gasteiger partial charge in [0, 0.05) is 19.2 Å². The van der Waals surface area contributed by atoms with E-state index in [1.54, 1.807) is 6.20 Å². The minimum absolute atomic E-state index is 0.0409. The number of carbonyl (C=O) groups excluding carboxylic acids is 2. The maximum Gasteiger partial charge on any atom is 0.324 e. The Hall–Kier alpha value is -2.94. The summed E-state index contributed by atoms with van der Waals surface area (Å²) < 4.78 is 7.07. The van der Waals surface area contributed by atoms with Gasteiger partial charge in [0.1, 0.15) is 11.8 Å². The van der Waals surface area contributed by atoms with Crippen LogP contribution >= 0.6 is 0 Å². The smallest absolute Gasteiger partial charge is 0.324 e. The van der Waals surface area contributed by atoms with Crippen LogP contribution < -0.4 is 10.1 Å². The Morgan fingerprint density at radius 1 is 1.19 bits per heavy atom. The molecule has 0 spiro atoms. The molecule has 0 saturated carbocycles. The molecule has 1 aromatic carbocycles. The number of ether oxygens (including phenoxy) is 1. The van der Waals surface area contributed by atoms with E-state index in [-0.39, 0.29) is 18.9 Å². The number of urea groups is 1. The Balaban J connectivity index is 1.47. The third-order valence-corrected chi connectivity index (χ3v) is 3.97. The van der Waals surface area contributed by atoms with Gasteiger partial charge in [-0.1, -0.05) is 23.4 Å². The Kier molecular flexibility index (Phi) is 5.80. The number of para-hydroxylation sites is 1. The zero-order chi connectivity index (χ0) is 18.4. The van der Waals surface area contributed by atoms with Gasteiger partial charge < -0.3 is 15.2 Å². The van der Waals surface area contributed by atoms with Crippen molar-refractivity contribution in [2.24, 2.45) is 0 Å². The number of aliphatic hydroxyl groups excluding tert-OH is 1. The van der Waals surface area contributed by atoms with Crippen LogP contribution in [0.5, 0.6) is 5.75 Å². The maximum atomic E-state index is 12.4. The molecular formula is C17H21N5O4. The normalized spacial score (nSPS) is 16.8. The Bertz CT molecular complexity index is 749. The maximum absolute atomic E-state index is 12.4. The van der Waals surface area contributed by atoms with E-state index in [2.05, 4.69) is 15.6 Å². The fraction of sp³-hybridized carbons (Fsp3) is 0.412. The molecule has 1 saturated heterocycles. The largest absolute Gasteiger partial charge is 0.494 e. The van der Waals surface area contributed by atoms with Crippen molar-refractivity contribution in [3.63, 3.8) is 0 Å². The highest BCUT2D eigenvalue weighted by Gasteiger charge is 2.37. The molecule has 9 nitrogen and oxygen atoms in total. The van der Waals surface area contributed by atoms with Crippen LogP contribution in [-0.2, 0) is 17.8 Å². The molecule has 1 atom stereocenters. The lowest BCUT2D eigenvalue weighted by Gasteiger charge is -2.13. The number of carbonyl (C=O) groups is 2. The summed E-state index contributed by atoms with van der Waals surface area (Å²) in [7, 11) is 0. The quantitative estimate of drug-likeness (QED) is 0.489. The molecule has 1 aliphatic rings. The molecule has 138 valence electrons. The SMILES string of the molecule is O=C1N[C@@H](Cc2cn(CCO)nn2)C(=O)N1CCCOc1ccccc1. The fourth-order valence-corrected chi connectivity index (χ4v) is 2.71. The predicted molar refractivity (Wildman–Crippen MR) is 91.4 cm³/mol. The first kappa shape index (κ1) is 17.9. The highest BCUT2D eigenvalue weighted by Crippen LogP contribution is 2.12. The topological polar surface area (TPSA) is 110 Å². The van der Waals surface area contributed by atoms with Gasteiger partial charge >= 0.3 is 6.03 Å². The van der Waals surface area contributed by atoms with Crippen LogP contribution in [0, 0.1) is 0 Å². The van der Waals surface area contributed by atoms with E-state index >= 15 is 0 Å². The number of rotatable bonds is 9. The van der Waals surface area contributed by atoms with E-state index in [9.17, 15) is 9.59 Å². The second-order valence-corrected chi connectivity index (χ2v) is 5.91. The summed E-state index contributed by atoms with van der Waals surface area (Å²) in [4.78, 5) is 25.7. The van der Waals surface area contributed by atoms with Crippen molar-refractivity contribution in [1.29, 1.82) is 0 Å². The molecule has 3 amide bonds. The van der Waals surface area contributed by atoms with Crippen molar-refractivity contribution in [2.45, 2.75) is 25.4 Å². The van der Waals surface area contributed by atoms with E-state index < -0.39 is 12.1 Å². The van der Waals surface area contributed by atoms with Gasteiger partial charge in [-0.2, -0.15) is 0 Å². The molecule has 3 rings (SSSR count). The number of imide groups is 1. The summed E-state index contributed by atoms with van der Waals surface area (Å²) in [6, 6.07) is 8.34. The van der Waals surface area contributed by atoms with Crippen LogP contribution in [0.4, 0.5) is 4.79 Å². The van der Waals surface area contributed by atoms with Gasteiger partial charge in [0.2, 0.25) is 0 Å². The van der Waals surface area contributed by atoms with Gasteiger partial charge in [-0.05, 0) is 18.6 Å². The predicted octanol–water partition coefficient (Wildman–Crippen LogP) is 0.202. The molecule has 0 unspecified atom stereocenters. The first-order chi connectivity index (χ1) is 12.7.